The van der Waals surface area contributed by atoms with E-state index in [0.717, 1.165) is 18.4 Å². The second-order valence-corrected chi connectivity index (χ2v) is 8.45. The van der Waals surface area contributed by atoms with E-state index in [2.05, 4.69) is 31.2 Å². The molecule has 0 bridgehead atoms. The van der Waals surface area contributed by atoms with E-state index in [1.165, 1.54) is 20.5 Å². The van der Waals surface area contributed by atoms with Gasteiger partial charge in [0.1, 0.15) is 0 Å². The monoisotopic (exact) mass is 420 g/mol. The summed E-state index contributed by atoms with van der Waals surface area (Å²) in [5, 5.41) is 2.56. The maximum absolute atomic E-state index is 11.8. The van der Waals surface area contributed by atoms with Crippen molar-refractivity contribution in [1.29, 1.82) is 0 Å². The van der Waals surface area contributed by atoms with Crippen LogP contribution >= 0.6 is 34.5 Å². The predicted octanol–water partition coefficient (Wildman–Crippen LogP) is 7.07. The molecule has 2 aromatic carbocycles. The van der Waals surface area contributed by atoms with Gasteiger partial charge in [0.25, 0.3) is 0 Å². The summed E-state index contributed by atoms with van der Waals surface area (Å²) in [6, 6.07) is 14.0. The van der Waals surface area contributed by atoms with Crippen LogP contribution in [0.15, 0.2) is 42.5 Å². The zero-order valence-corrected chi connectivity index (χ0v) is 17.6. The van der Waals surface area contributed by atoms with Crippen molar-refractivity contribution >= 4 is 50.6 Å². The Morgan fingerprint density at radius 1 is 1.11 bits per heavy atom. The minimum atomic E-state index is -0.121. The van der Waals surface area contributed by atoms with E-state index in [9.17, 15) is 4.79 Å². The van der Waals surface area contributed by atoms with E-state index in [1.54, 1.807) is 11.3 Å². The zero-order valence-electron chi connectivity index (χ0n) is 15.3. The highest BCUT2D eigenvalue weighted by Crippen LogP contribution is 2.34. The molecule has 0 aliphatic carbocycles. The zero-order chi connectivity index (χ0) is 19.2. The molecule has 0 aliphatic heterocycles. The minimum absolute atomic E-state index is 0.121. The molecule has 0 amide bonds. The second-order valence-electron chi connectivity index (χ2n) is 6.50. The summed E-state index contributed by atoms with van der Waals surface area (Å²) >= 11 is 14.4. The summed E-state index contributed by atoms with van der Waals surface area (Å²) in [5.74, 6) is -0.121. The lowest BCUT2D eigenvalue weighted by Gasteiger charge is -2.08. The van der Waals surface area contributed by atoms with Gasteiger partial charge < -0.3 is 4.74 Å². The van der Waals surface area contributed by atoms with E-state index in [0.29, 0.717) is 35.9 Å². The van der Waals surface area contributed by atoms with Crippen LogP contribution < -0.4 is 0 Å². The highest BCUT2D eigenvalue weighted by atomic mass is 35.5. The first-order valence-corrected chi connectivity index (χ1v) is 10.7. The number of aryl methyl sites for hydroxylation is 1. The van der Waals surface area contributed by atoms with Crippen LogP contribution in [0.4, 0.5) is 0 Å². The van der Waals surface area contributed by atoms with Crippen LogP contribution in [0.5, 0.6) is 0 Å². The molecule has 0 saturated heterocycles. The summed E-state index contributed by atoms with van der Waals surface area (Å²) in [6.07, 6.45) is 3.76. The lowest BCUT2D eigenvalue weighted by Crippen LogP contribution is -2.06. The van der Waals surface area contributed by atoms with Gasteiger partial charge in [-0.25, -0.2) is 0 Å². The molecular formula is C22H22Cl2O2S. The van der Waals surface area contributed by atoms with Crippen molar-refractivity contribution in [3.63, 3.8) is 0 Å². The number of carbonyl (C=O) groups is 1. The number of ether oxygens (including phenoxy) is 1. The summed E-state index contributed by atoms with van der Waals surface area (Å²) < 4.78 is 6.47. The highest BCUT2D eigenvalue weighted by Gasteiger charge is 2.12. The fraction of sp³-hybridized carbons (Fsp3) is 0.318. The molecular weight excluding hydrogens is 399 g/mol. The lowest BCUT2D eigenvalue weighted by atomic mass is 10.0. The summed E-state index contributed by atoms with van der Waals surface area (Å²) in [6.45, 7) is 2.60. The average Bonchev–Trinajstić information content (AvgIpc) is 3.07. The molecule has 0 saturated carbocycles. The number of hydrogen-bond acceptors (Lipinski definition) is 3. The first-order chi connectivity index (χ1) is 13.1. The van der Waals surface area contributed by atoms with Gasteiger partial charge in [-0.3, -0.25) is 4.79 Å². The van der Waals surface area contributed by atoms with Crippen molar-refractivity contribution in [3.05, 3.63) is 68.5 Å². The second kappa shape index (κ2) is 9.59. The lowest BCUT2D eigenvalue weighted by molar-refractivity contribution is -0.143. The maximum Gasteiger partial charge on any atom is 0.306 e. The normalized spacial score (nSPS) is 11.1. The van der Waals surface area contributed by atoms with E-state index in [-0.39, 0.29) is 5.97 Å². The van der Waals surface area contributed by atoms with Gasteiger partial charge in [-0.2, -0.15) is 0 Å². The van der Waals surface area contributed by atoms with Crippen molar-refractivity contribution in [2.45, 2.75) is 39.0 Å². The third-order valence-corrected chi connectivity index (χ3v) is 6.44. The molecule has 0 atom stereocenters. The largest absolute Gasteiger partial charge is 0.466 e. The molecule has 0 spiro atoms. The molecule has 0 radical (unpaired) electrons. The van der Waals surface area contributed by atoms with Crippen LogP contribution in [-0.2, 0) is 22.4 Å². The highest BCUT2D eigenvalue weighted by molar-refractivity contribution is 7.19. The molecule has 1 heterocycles. The van der Waals surface area contributed by atoms with Crippen LogP contribution in [0.2, 0.25) is 10.0 Å². The number of rotatable bonds is 8. The van der Waals surface area contributed by atoms with Gasteiger partial charge in [0.2, 0.25) is 0 Å². The fourth-order valence-corrected chi connectivity index (χ4v) is 4.66. The third-order valence-electron chi connectivity index (χ3n) is 4.44. The number of benzene rings is 2. The van der Waals surface area contributed by atoms with Gasteiger partial charge in [-0.15, -0.1) is 11.3 Å². The van der Waals surface area contributed by atoms with Crippen LogP contribution in [0.3, 0.4) is 0 Å². The number of fused-ring (bicyclic) bond motifs is 1. The third kappa shape index (κ3) is 5.25. The van der Waals surface area contributed by atoms with Crippen molar-refractivity contribution in [2.75, 3.05) is 6.61 Å². The van der Waals surface area contributed by atoms with Gasteiger partial charge in [0.05, 0.1) is 13.0 Å². The number of thiophene rings is 1. The molecule has 0 fully saturated rings. The molecule has 3 rings (SSSR count). The number of hydrogen-bond donors (Lipinski definition) is 0. The Morgan fingerprint density at radius 2 is 1.85 bits per heavy atom. The van der Waals surface area contributed by atoms with E-state index < -0.39 is 0 Å². The Morgan fingerprint density at radius 3 is 2.59 bits per heavy atom. The Labute approximate surface area is 174 Å². The number of halogens is 2. The average molecular weight is 421 g/mol. The standard InChI is InChI=1S/C22H22Cl2O2S/c1-2-3-12-26-21(25)11-10-17-13-15-6-4-7-16(22(15)27-17)14-18-19(23)8-5-9-20(18)24/h4-9,13H,2-3,10-12,14H2,1H3. The first-order valence-electron chi connectivity index (χ1n) is 9.17. The number of unbranched alkanes of at least 4 members (excludes halogenated alkanes) is 1. The number of carbonyl (C=O) groups excluding carboxylic acids is 1. The fourth-order valence-electron chi connectivity index (χ4n) is 2.96. The molecule has 2 nitrogen and oxygen atoms in total. The minimum Gasteiger partial charge on any atom is -0.466 e. The smallest absolute Gasteiger partial charge is 0.306 e. The van der Waals surface area contributed by atoms with Crippen molar-refractivity contribution in [3.8, 4) is 0 Å². The molecule has 142 valence electrons. The Kier molecular flexibility index (Phi) is 7.17. The van der Waals surface area contributed by atoms with E-state index in [1.807, 2.05) is 18.2 Å². The molecule has 0 N–H and O–H groups in total. The summed E-state index contributed by atoms with van der Waals surface area (Å²) in [4.78, 5) is 13.0. The van der Waals surface area contributed by atoms with Crippen LogP contribution in [0.1, 0.15) is 42.2 Å². The maximum atomic E-state index is 11.8. The van der Waals surface area contributed by atoms with Crippen molar-refractivity contribution in [1.82, 2.24) is 0 Å². The molecule has 3 aromatic rings. The van der Waals surface area contributed by atoms with E-state index >= 15 is 0 Å². The Bertz CT molecular complexity index is 913. The van der Waals surface area contributed by atoms with E-state index in [4.69, 9.17) is 27.9 Å². The Hall–Kier alpha value is -1.55. The topological polar surface area (TPSA) is 26.3 Å². The summed E-state index contributed by atoms with van der Waals surface area (Å²) in [5.41, 5.74) is 2.15. The predicted molar refractivity (Wildman–Crippen MR) is 115 cm³/mol. The number of esters is 1. The van der Waals surface area contributed by atoms with Crippen molar-refractivity contribution < 1.29 is 9.53 Å². The summed E-state index contributed by atoms with van der Waals surface area (Å²) in [7, 11) is 0. The molecule has 0 aliphatic rings. The molecule has 5 heteroatoms. The van der Waals surface area contributed by atoms with Gasteiger partial charge >= 0.3 is 5.97 Å². The van der Waals surface area contributed by atoms with Gasteiger partial charge in [-0.05, 0) is 47.6 Å². The van der Waals surface area contributed by atoms with Gasteiger partial charge in [0.15, 0.2) is 0 Å². The molecule has 0 unspecified atom stereocenters. The molecule has 1 aromatic heterocycles. The van der Waals surface area contributed by atoms with Gasteiger partial charge in [-0.1, -0.05) is 60.8 Å². The van der Waals surface area contributed by atoms with Crippen LogP contribution in [0.25, 0.3) is 10.1 Å². The first kappa shape index (κ1) is 20.2. The SMILES string of the molecule is CCCCOC(=O)CCc1cc2cccc(Cc3c(Cl)cccc3Cl)c2s1. The quantitative estimate of drug-likeness (QED) is 0.287. The Balaban J connectivity index is 1.74. The van der Waals surface area contributed by atoms with Crippen molar-refractivity contribution in [2.24, 2.45) is 0 Å². The van der Waals surface area contributed by atoms with Gasteiger partial charge in [0, 0.05) is 26.0 Å². The van der Waals surface area contributed by atoms with Crippen LogP contribution in [0, 0.1) is 0 Å². The van der Waals surface area contributed by atoms with Crippen LogP contribution in [-0.4, -0.2) is 12.6 Å². The molecule has 27 heavy (non-hydrogen) atoms.